The fraction of sp³-hybridized carbons (Fsp3) is 0.318. The van der Waals surface area contributed by atoms with E-state index in [2.05, 4.69) is 4.90 Å². The fourth-order valence-corrected chi connectivity index (χ4v) is 3.44. The highest BCUT2D eigenvalue weighted by Gasteiger charge is 2.20. The number of fused-ring (bicyclic) bond motifs is 1. The Morgan fingerprint density at radius 1 is 1.04 bits per heavy atom. The molecule has 0 atom stereocenters. The van der Waals surface area contributed by atoms with Crippen molar-refractivity contribution >= 4 is 11.0 Å². The lowest BCUT2D eigenvalue weighted by Crippen LogP contribution is -2.38. The largest absolute Gasteiger partial charge is 0.493 e. The molecule has 28 heavy (non-hydrogen) atoms. The van der Waals surface area contributed by atoms with Crippen molar-refractivity contribution in [3.8, 4) is 22.6 Å². The van der Waals surface area contributed by atoms with Crippen molar-refractivity contribution in [1.29, 1.82) is 0 Å². The average molecular weight is 381 g/mol. The lowest BCUT2D eigenvalue weighted by atomic mass is 10.0. The van der Waals surface area contributed by atoms with E-state index in [4.69, 9.17) is 18.6 Å². The molecule has 0 saturated carbocycles. The first-order chi connectivity index (χ1) is 13.8. The number of morpholine rings is 1. The molecule has 4 rings (SSSR count). The van der Waals surface area contributed by atoms with Gasteiger partial charge in [-0.25, -0.2) is 4.79 Å². The second kappa shape index (κ2) is 8.46. The molecule has 1 saturated heterocycles. The maximum Gasteiger partial charge on any atom is 0.348 e. The number of ether oxygens (including phenoxy) is 3. The second-order valence-corrected chi connectivity index (χ2v) is 6.60. The highest BCUT2D eigenvalue weighted by atomic mass is 16.5. The molecule has 6 nitrogen and oxygen atoms in total. The molecule has 6 heteroatoms. The van der Waals surface area contributed by atoms with Gasteiger partial charge in [-0.1, -0.05) is 36.4 Å². The summed E-state index contributed by atoms with van der Waals surface area (Å²) in [5, 5.41) is 0.722. The van der Waals surface area contributed by atoms with Crippen LogP contribution in [0.5, 0.6) is 11.5 Å². The van der Waals surface area contributed by atoms with Crippen molar-refractivity contribution in [1.82, 2.24) is 4.90 Å². The summed E-state index contributed by atoms with van der Waals surface area (Å²) in [6.45, 7) is 4.49. The van der Waals surface area contributed by atoms with E-state index in [0.717, 1.165) is 43.8 Å². The molecule has 1 aliphatic heterocycles. The van der Waals surface area contributed by atoms with Gasteiger partial charge >= 0.3 is 5.63 Å². The number of para-hydroxylation sites is 1. The van der Waals surface area contributed by atoms with Crippen LogP contribution in [0.15, 0.2) is 57.7 Å². The quantitative estimate of drug-likeness (QED) is 0.611. The molecule has 2 aromatic carbocycles. The predicted octanol–water partition coefficient (Wildman–Crippen LogP) is 3.18. The van der Waals surface area contributed by atoms with E-state index in [-0.39, 0.29) is 0 Å². The summed E-state index contributed by atoms with van der Waals surface area (Å²) in [5.74, 6) is 1.04. The molecule has 0 radical (unpaired) electrons. The van der Waals surface area contributed by atoms with Gasteiger partial charge in [-0.05, 0) is 17.7 Å². The molecule has 1 aromatic heterocycles. The monoisotopic (exact) mass is 381 g/mol. The van der Waals surface area contributed by atoms with Gasteiger partial charge in [0.1, 0.15) is 17.9 Å². The van der Waals surface area contributed by atoms with Crippen LogP contribution in [0.2, 0.25) is 0 Å². The van der Waals surface area contributed by atoms with Crippen LogP contribution < -0.4 is 15.1 Å². The van der Waals surface area contributed by atoms with Gasteiger partial charge < -0.3 is 18.6 Å². The van der Waals surface area contributed by atoms with Crippen LogP contribution >= 0.6 is 0 Å². The number of benzene rings is 2. The highest BCUT2D eigenvalue weighted by Crippen LogP contribution is 2.37. The molecule has 0 amide bonds. The molecule has 146 valence electrons. The zero-order valence-electron chi connectivity index (χ0n) is 15.8. The van der Waals surface area contributed by atoms with Gasteiger partial charge in [-0.2, -0.15) is 0 Å². The molecule has 3 aromatic rings. The molecule has 0 unspecified atom stereocenters. The van der Waals surface area contributed by atoms with Crippen LogP contribution in [0.1, 0.15) is 0 Å². The smallest absolute Gasteiger partial charge is 0.348 e. The zero-order valence-corrected chi connectivity index (χ0v) is 15.8. The van der Waals surface area contributed by atoms with Crippen molar-refractivity contribution in [2.45, 2.75) is 0 Å². The van der Waals surface area contributed by atoms with Gasteiger partial charge in [0.05, 0.1) is 25.7 Å². The summed E-state index contributed by atoms with van der Waals surface area (Å²) in [5.41, 5.74) is 1.16. The van der Waals surface area contributed by atoms with Crippen molar-refractivity contribution in [2.24, 2.45) is 0 Å². The van der Waals surface area contributed by atoms with E-state index in [1.165, 1.54) is 0 Å². The van der Waals surface area contributed by atoms with Crippen LogP contribution in [-0.2, 0) is 4.74 Å². The summed E-state index contributed by atoms with van der Waals surface area (Å²) in [7, 11) is 1.55. The first-order valence-electron chi connectivity index (χ1n) is 9.40. The van der Waals surface area contributed by atoms with E-state index in [1.54, 1.807) is 13.2 Å². The van der Waals surface area contributed by atoms with Gasteiger partial charge in [0.25, 0.3) is 0 Å². The van der Waals surface area contributed by atoms with E-state index >= 15 is 0 Å². The summed E-state index contributed by atoms with van der Waals surface area (Å²) in [6, 6.07) is 15.0. The van der Waals surface area contributed by atoms with Crippen LogP contribution in [0.3, 0.4) is 0 Å². The number of methoxy groups -OCH3 is 1. The third kappa shape index (κ3) is 3.74. The fourth-order valence-electron chi connectivity index (χ4n) is 3.44. The molecular formula is C22H23NO5. The third-order valence-corrected chi connectivity index (χ3v) is 4.89. The van der Waals surface area contributed by atoms with Crippen molar-refractivity contribution in [2.75, 3.05) is 46.6 Å². The summed E-state index contributed by atoms with van der Waals surface area (Å²) in [6.07, 6.45) is 0. The maximum absolute atomic E-state index is 12.9. The third-order valence-electron chi connectivity index (χ3n) is 4.89. The number of nitrogens with zero attached hydrogens (tertiary/aromatic N) is 1. The number of hydrogen-bond donors (Lipinski definition) is 0. The first-order valence-corrected chi connectivity index (χ1v) is 9.40. The number of rotatable bonds is 6. The molecule has 0 N–H and O–H groups in total. The second-order valence-electron chi connectivity index (χ2n) is 6.60. The first kappa shape index (κ1) is 18.5. The Labute approximate surface area is 163 Å². The summed E-state index contributed by atoms with van der Waals surface area (Å²) >= 11 is 0. The van der Waals surface area contributed by atoms with E-state index < -0.39 is 5.63 Å². The minimum atomic E-state index is -0.440. The normalized spacial score (nSPS) is 14.9. The minimum Gasteiger partial charge on any atom is -0.493 e. The molecule has 0 bridgehead atoms. The summed E-state index contributed by atoms with van der Waals surface area (Å²) < 4.78 is 22.6. The molecule has 0 aliphatic carbocycles. The Hall–Kier alpha value is -2.83. The Kier molecular flexibility index (Phi) is 5.60. The molecule has 1 aliphatic rings. The van der Waals surface area contributed by atoms with Crippen LogP contribution in [0, 0.1) is 0 Å². The lowest BCUT2D eigenvalue weighted by molar-refractivity contribution is 0.0323. The Bertz CT molecular complexity index is 993. The summed E-state index contributed by atoms with van der Waals surface area (Å²) in [4.78, 5) is 15.1. The van der Waals surface area contributed by atoms with E-state index in [9.17, 15) is 4.79 Å². The van der Waals surface area contributed by atoms with Crippen molar-refractivity contribution < 1.29 is 18.6 Å². The SMILES string of the molecule is COc1cccc2c(OCCN3CCOCC3)c(-c3ccccc3)c(=O)oc12. The van der Waals surface area contributed by atoms with Crippen molar-refractivity contribution in [3.05, 3.63) is 59.0 Å². The highest BCUT2D eigenvalue weighted by molar-refractivity contribution is 5.93. The molecular weight excluding hydrogens is 358 g/mol. The van der Waals surface area contributed by atoms with Gasteiger partial charge in [0, 0.05) is 19.6 Å². The molecule has 2 heterocycles. The average Bonchev–Trinajstić information content (AvgIpc) is 2.74. The molecule has 1 fully saturated rings. The maximum atomic E-state index is 12.9. The van der Waals surface area contributed by atoms with E-state index in [1.807, 2.05) is 42.5 Å². The van der Waals surface area contributed by atoms with Gasteiger partial charge in [0.2, 0.25) is 0 Å². The van der Waals surface area contributed by atoms with Gasteiger partial charge in [-0.3, -0.25) is 4.90 Å². The van der Waals surface area contributed by atoms with Crippen LogP contribution in [0.25, 0.3) is 22.1 Å². The van der Waals surface area contributed by atoms with Gasteiger partial charge in [-0.15, -0.1) is 0 Å². The lowest BCUT2D eigenvalue weighted by Gasteiger charge is -2.26. The van der Waals surface area contributed by atoms with Crippen LogP contribution in [0.4, 0.5) is 0 Å². The van der Waals surface area contributed by atoms with Crippen LogP contribution in [-0.4, -0.2) is 51.5 Å². The van der Waals surface area contributed by atoms with Crippen molar-refractivity contribution in [3.63, 3.8) is 0 Å². The Morgan fingerprint density at radius 2 is 1.82 bits per heavy atom. The Balaban J connectivity index is 1.75. The zero-order chi connectivity index (χ0) is 19.3. The molecule has 0 spiro atoms. The minimum absolute atomic E-state index is 0.399. The van der Waals surface area contributed by atoms with E-state index in [0.29, 0.717) is 29.3 Å². The standard InChI is InChI=1S/C22H23NO5/c1-25-18-9-5-8-17-20(18)28-22(24)19(16-6-3-2-4-7-16)21(17)27-15-12-23-10-13-26-14-11-23/h2-9H,10-15H2,1H3. The number of hydrogen-bond acceptors (Lipinski definition) is 6. The van der Waals surface area contributed by atoms with Gasteiger partial charge in [0.15, 0.2) is 11.3 Å². The topological polar surface area (TPSA) is 61.1 Å². The Morgan fingerprint density at radius 3 is 2.57 bits per heavy atom. The predicted molar refractivity (Wildman–Crippen MR) is 107 cm³/mol.